The van der Waals surface area contributed by atoms with Crippen LogP contribution in [0.25, 0.3) is 0 Å². The number of aromatic nitrogens is 2. The van der Waals surface area contributed by atoms with E-state index in [9.17, 15) is 4.79 Å². The molecule has 0 saturated carbocycles. The quantitative estimate of drug-likeness (QED) is 0.843. The Kier molecular flexibility index (Phi) is 4.59. The van der Waals surface area contributed by atoms with Crippen LogP contribution in [0, 0.1) is 5.92 Å². The normalized spacial score (nSPS) is 22.0. The molecule has 0 aliphatic carbocycles. The summed E-state index contributed by atoms with van der Waals surface area (Å²) in [6.45, 7) is 3.29. The number of likely N-dealkylation sites (N-methyl/N-ethyl adjacent to an activating group) is 1. The highest BCUT2D eigenvalue weighted by atomic mass is 16.5. The van der Waals surface area contributed by atoms with Crippen LogP contribution in [-0.4, -0.2) is 64.5 Å². The van der Waals surface area contributed by atoms with Crippen molar-refractivity contribution >= 4 is 5.91 Å². The number of likely N-dealkylation sites (tertiary alicyclic amines) is 2. The van der Waals surface area contributed by atoms with Crippen molar-refractivity contribution in [3.05, 3.63) is 54.5 Å². The number of ether oxygens (including phenoxy) is 1. The Morgan fingerprint density at radius 1 is 1.23 bits per heavy atom. The fourth-order valence-corrected chi connectivity index (χ4v) is 4.04. The average molecular weight is 352 g/mol. The largest absolute Gasteiger partial charge is 0.477 e. The van der Waals surface area contributed by atoms with Crippen molar-refractivity contribution in [1.82, 2.24) is 19.8 Å². The summed E-state index contributed by atoms with van der Waals surface area (Å²) < 4.78 is 5.87. The van der Waals surface area contributed by atoms with Crippen molar-refractivity contribution in [2.45, 2.75) is 18.4 Å². The molecular weight excluding hydrogens is 328 g/mol. The molecule has 2 aromatic rings. The number of carbonyl (C=O) groups is 1. The topological polar surface area (TPSA) is 58.6 Å². The molecule has 6 nitrogen and oxygen atoms in total. The van der Waals surface area contributed by atoms with Gasteiger partial charge in [-0.2, -0.15) is 0 Å². The van der Waals surface area contributed by atoms with E-state index in [1.807, 2.05) is 23.1 Å². The first-order valence-corrected chi connectivity index (χ1v) is 9.11. The molecule has 136 valence electrons. The van der Waals surface area contributed by atoms with E-state index in [0.29, 0.717) is 24.0 Å². The first kappa shape index (κ1) is 17.0. The molecule has 0 bridgehead atoms. The molecule has 1 amide bonds. The van der Waals surface area contributed by atoms with Gasteiger partial charge in [-0.3, -0.25) is 14.7 Å². The molecule has 2 fully saturated rings. The van der Waals surface area contributed by atoms with Crippen molar-refractivity contribution in [2.24, 2.45) is 5.92 Å². The van der Waals surface area contributed by atoms with Crippen molar-refractivity contribution in [3.63, 3.8) is 0 Å². The number of hydrogen-bond donors (Lipinski definition) is 0. The second-order valence-corrected chi connectivity index (χ2v) is 7.38. The Bertz CT molecular complexity index is 747. The molecule has 0 aromatic carbocycles. The van der Waals surface area contributed by atoms with Gasteiger partial charge in [0.05, 0.1) is 12.1 Å². The third-order valence-corrected chi connectivity index (χ3v) is 5.64. The highest BCUT2D eigenvalue weighted by Crippen LogP contribution is 2.38. The molecule has 2 aliphatic rings. The van der Waals surface area contributed by atoms with Crippen molar-refractivity contribution in [1.29, 1.82) is 0 Å². The van der Waals surface area contributed by atoms with Gasteiger partial charge < -0.3 is 9.64 Å². The lowest BCUT2D eigenvalue weighted by molar-refractivity contribution is -0.0695. The monoisotopic (exact) mass is 352 g/mol. The fourth-order valence-electron chi connectivity index (χ4n) is 4.04. The lowest BCUT2D eigenvalue weighted by atomic mass is 9.75. The zero-order chi connectivity index (χ0) is 18.0. The Morgan fingerprint density at radius 3 is 2.77 bits per heavy atom. The van der Waals surface area contributed by atoms with Gasteiger partial charge in [0, 0.05) is 43.3 Å². The standard InChI is InChI=1S/C20H24N4O2/c1-23-11-7-16(13-26-18-4-2-3-8-22-18)12-20(23)14-24(15-20)19(25)17-5-9-21-10-6-17/h2-6,8-10,16H,7,11-15H2,1H3/t16-/m1/s1. The van der Waals surface area contributed by atoms with E-state index >= 15 is 0 Å². The number of piperidine rings is 1. The van der Waals surface area contributed by atoms with Crippen LogP contribution in [0.15, 0.2) is 48.9 Å². The van der Waals surface area contributed by atoms with E-state index in [4.69, 9.17) is 4.74 Å². The fraction of sp³-hybridized carbons (Fsp3) is 0.450. The van der Waals surface area contributed by atoms with Crippen LogP contribution in [0.2, 0.25) is 0 Å². The minimum absolute atomic E-state index is 0.0824. The third kappa shape index (κ3) is 3.29. The summed E-state index contributed by atoms with van der Waals surface area (Å²) >= 11 is 0. The Balaban J connectivity index is 1.35. The molecule has 4 rings (SSSR count). The molecule has 4 heterocycles. The molecule has 2 aliphatic heterocycles. The number of carbonyl (C=O) groups excluding carboxylic acids is 1. The van der Waals surface area contributed by atoms with Gasteiger partial charge in [-0.25, -0.2) is 4.98 Å². The maximum Gasteiger partial charge on any atom is 0.254 e. The van der Waals surface area contributed by atoms with Crippen LogP contribution >= 0.6 is 0 Å². The number of amides is 1. The zero-order valence-corrected chi connectivity index (χ0v) is 15.0. The summed E-state index contributed by atoms with van der Waals surface area (Å²) in [6, 6.07) is 9.28. The summed E-state index contributed by atoms with van der Waals surface area (Å²) in [5.74, 6) is 1.27. The molecule has 26 heavy (non-hydrogen) atoms. The lowest BCUT2D eigenvalue weighted by Crippen LogP contribution is -2.72. The van der Waals surface area contributed by atoms with Crippen molar-refractivity contribution in [2.75, 3.05) is 33.3 Å². The van der Waals surface area contributed by atoms with E-state index in [1.165, 1.54) is 0 Å². The van der Waals surface area contributed by atoms with E-state index < -0.39 is 0 Å². The summed E-state index contributed by atoms with van der Waals surface area (Å²) in [7, 11) is 2.17. The van der Waals surface area contributed by atoms with E-state index in [-0.39, 0.29) is 11.4 Å². The Hall–Kier alpha value is -2.47. The summed E-state index contributed by atoms with van der Waals surface area (Å²) in [4.78, 5) is 25.2. The molecular formula is C20H24N4O2. The Labute approximate surface area is 153 Å². The predicted octanol–water partition coefficient (Wildman–Crippen LogP) is 2.09. The highest BCUT2D eigenvalue weighted by Gasteiger charge is 2.51. The maximum absolute atomic E-state index is 12.6. The SMILES string of the molecule is CN1CC[C@@H](COc2ccccn2)CC12CN(C(=O)c1ccncc1)C2. The summed E-state index contributed by atoms with van der Waals surface area (Å²) in [6.07, 6.45) is 7.25. The number of nitrogens with zero attached hydrogens (tertiary/aromatic N) is 4. The third-order valence-electron chi connectivity index (χ3n) is 5.64. The Morgan fingerprint density at radius 2 is 2.04 bits per heavy atom. The minimum atomic E-state index is 0.0824. The average Bonchev–Trinajstić information content (AvgIpc) is 2.67. The van der Waals surface area contributed by atoms with Gasteiger partial charge in [-0.15, -0.1) is 0 Å². The molecule has 0 N–H and O–H groups in total. The van der Waals surface area contributed by atoms with Crippen molar-refractivity contribution in [3.8, 4) is 5.88 Å². The van der Waals surface area contributed by atoms with Crippen LogP contribution in [-0.2, 0) is 0 Å². The molecule has 1 spiro atoms. The number of hydrogen-bond acceptors (Lipinski definition) is 5. The van der Waals surface area contributed by atoms with Crippen LogP contribution < -0.4 is 4.74 Å². The van der Waals surface area contributed by atoms with Gasteiger partial charge >= 0.3 is 0 Å². The summed E-state index contributed by atoms with van der Waals surface area (Å²) in [5, 5.41) is 0. The van der Waals surface area contributed by atoms with Gasteiger partial charge in [0.25, 0.3) is 5.91 Å². The van der Waals surface area contributed by atoms with Crippen molar-refractivity contribution < 1.29 is 9.53 Å². The number of pyridine rings is 2. The zero-order valence-electron chi connectivity index (χ0n) is 15.0. The lowest BCUT2D eigenvalue weighted by Gasteiger charge is -2.58. The van der Waals surface area contributed by atoms with E-state index in [2.05, 4.69) is 21.9 Å². The predicted molar refractivity (Wildman–Crippen MR) is 98.0 cm³/mol. The van der Waals surface area contributed by atoms with Crippen LogP contribution in [0.5, 0.6) is 5.88 Å². The van der Waals surface area contributed by atoms with E-state index in [0.717, 1.165) is 32.5 Å². The molecule has 6 heteroatoms. The molecule has 1 atom stereocenters. The number of rotatable bonds is 4. The molecule has 2 saturated heterocycles. The summed E-state index contributed by atoms with van der Waals surface area (Å²) in [5.41, 5.74) is 0.794. The van der Waals surface area contributed by atoms with Crippen LogP contribution in [0.4, 0.5) is 0 Å². The first-order chi connectivity index (χ1) is 12.7. The first-order valence-electron chi connectivity index (χ1n) is 9.11. The van der Waals surface area contributed by atoms with E-state index in [1.54, 1.807) is 30.7 Å². The van der Waals surface area contributed by atoms with Gasteiger partial charge in [0.2, 0.25) is 5.88 Å². The highest BCUT2D eigenvalue weighted by molar-refractivity contribution is 5.94. The van der Waals surface area contributed by atoms with Crippen LogP contribution in [0.3, 0.4) is 0 Å². The minimum Gasteiger partial charge on any atom is -0.477 e. The molecule has 0 unspecified atom stereocenters. The van der Waals surface area contributed by atoms with Gasteiger partial charge in [0.1, 0.15) is 0 Å². The second-order valence-electron chi connectivity index (χ2n) is 7.38. The maximum atomic E-state index is 12.6. The van der Waals surface area contributed by atoms with Gasteiger partial charge in [0.15, 0.2) is 0 Å². The smallest absolute Gasteiger partial charge is 0.254 e. The van der Waals surface area contributed by atoms with Gasteiger partial charge in [-0.1, -0.05) is 6.07 Å². The molecule has 0 radical (unpaired) electrons. The van der Waals surface area contributed by atoms with Crippen LogP contribution in [0.1, 0.15) is 23.2 Å². The second kappa shape index (κ2) is 7.03. The van der Waals surface area contributed by atoms with Gasteiger partial charge in [-0.05, 0) is 50.6 Å². The molecule has 2 aromatic heterocycles.